The number of hydrogen-bond acceptors (Lipinski definition) is 6. The predicted octanol–water partition coefficient (Wildman–Crippen LogP) is 5.56. The second-order valence-corrected chi connectivity index (χ2v) is 17.1. The second-order valence-electron chi connectivity index (χ2n) is 12.8. The van der Waals surface area contributed by atoms with E-state index in [1.54, 1.807) is 0 Å². The Labute approximate surface area is 243 Å². The van der Waals surface area contributed by atoms with Gasteiger partial charge in [-0.3, -0.25) is 4.90 Å². The number of fused-ring (bicyclic) bond motifs is 1. The zero-order valence-corrected chi connectivity index (χ0v) is 25.8. The number of rotatable bonds is 6. The molecule has 0 radical (unpaired) electrons. The maximum absolute atomic E-state index is 13.8. The molecule has 0 bridgehead atoms. The van der Waals surface area contributed by atoms with Crippen LogP contribution in [0.4, 0.5) is 10.6 Å². The van der Waals surface area contributed by atoms with Gasteiger partial charge in [-0.15, -0.1) is 0 Å². The number of aromatic nitrogens is 3. The minimum absolute atomic E-state index is 0.171. The van der Waals surface area contributed by atoms with E-state index in [0.717, 1.165) is 23.9 Å². The van der Waals surface area contributed by atoms with Crippen LogP contribution in [0.5, 0.6) is 0 Å². The van der Waals surface area contributed by atoms with Crippen LogP contribution in [-0.2, 0) is 9.16 Å². The highest BCUT2D eigenvalue weighted by Crippen LogP contribution is 2.42. The van der Waals surface area contributed by atoms with E-state index in [4.69, 9.17) is 14.9 Å². The summed E-state index contributed by atoms with van der Waals surface area (Å²) in [6.07, 6.45) is 4.53. The van der Waals surface area contributed by atoms with Crippen molar-refractivity contribution in [3.63, 3.8) is 0 Å². The molecule has 8 nitrogen and oxygen atoms in total. The highest BCUT2D eigenvalue weighted by Gasteiger charge is 2.51. The first kappa shape index (κ1) is 28.8. The average Bonchev–Trinajstić information content (AvgIpc) is 3.53. The Morgan fingerprint density at radius 3 is 2.15 bits per heavy atom. The van der Waals surface area contributed by atoms with Crippen molar-refractivity contribution in [3.8, 4) is 0 Å². The molecule has 1 aliphatic heterocycles. The fourth-order valence-electron chi connectivity index (χ4n) is 6.16. The minimum Gasteiger partial charge on any atom is -0.444 e. The summed E-state index contributed by atoms with van der Waals surface area (Å²) < 4.78 is 13.2. The van der Waals surface area contributed by atoms with Crippen LogP contribution in [0, 0.1) is 0 Å². The number of nitrogen functional groups attached to an aromatic ring is 1. The number of ether oxygens (including phenoxy) is 1. The Hall–Kier alpha value is -3.69. The predicted molar refractivity (Wildman–Crippen MR) is 166 cm³/mol. The van der Waals surface area contributed by atoms with E-state index in [2.05, 4.69) is 84.3 Å². The lowest BCUT2D eigenvalue weighted by molar-refractivity contribution is 0.00964. The number of benzene rings is 2. The van der Waals surface area contributed by atoms with Crippen LogP contribution in [0.3, 0.4) is 0 Å². The lowest BCUT2D eigenvalue weighted by atomic mass is 10.1. The number of nitrogens with one attached hydrogen (secondary N) is 1. The largest absolute Gasteiger partial charge is 0.444 e. The molecule has 2 atom stereocenters. The number of aromatic amines is 1. The number of nitrogens with two attached hydrogens (primary N) is 1. The van der Waals surface area contributed by atoms with Crippen LogP contribution in [0.15, 0.2) is 73.2 Å². The normalized spacial score (nSPS) is 18.1. The number of carbonyl (C=O) groups excluding carboxylic acids is 1. The number of likely N-dealkylation sites (tertiary alicyclic amines) is 1. The van der Waals surface area contributed by atoms with E-state index in [1.165, 1.54) is 16.7 Å². The summed E-state index contributed by atoms with van der Waals surface area (Å²) in [5, 5.41) is 2.25. The second kappa shape index (κ2) is 10.9. The fourth-order valence-corrected chi connectivity index (χ4v) is 10.8. The van der Waals surface area contributed by atoms with Crippen molar-refractivity contribution in [3.05, 3.63) is 78.8 Å². The van der Waals surface area contributed by atoms with Gasteiger partial charge in [-0.1, -0.05) is 81.4 Å². The zero-order chi connectivity index (χ0) is 29.4. The molecule has 0 spiro atoms. The van der Waals surface area contributed by atoms with Crippen LogP contribution >= 0.6 is 0 Å². The van der Waals surface area contributed by atoms with Crippen LogP contribution in [-0.4, -0.2) is 52.5 Å². The van der Waals surface area contributed by atoms with Gasteiger partial charge >= 0.3 is 6.09 Å². The lowest BCUT2D eigenvalue weighted by Crippen LogP contribution is -2.67. The molecule has 1 aliphatic rings. The molecule has 1 amide bonds. The smallest absolute Gasteiger partial charge is 0.411 e. The van der Waals surface area contributed by atoms with Crippen molar-refractivity contribution < 1.29 is 14.0 Å². The van der Waals surface area contributed by atoms with Crippen molar-refractivity contribution in [2.24, 2.45) is 0 Å². The van der Waals surface area contributed by atoms with Crippen molar-refractivity contribution in [2.45, 2.75) is 77.1 Å². The van der Waals surface area contributed by atoms with E-state index in [9.17, 15) is 4.79 Å². The van der Waals surface area contributed by atoms with Gasteiger partial charge in [-0.25, -0.2) is 14.8 Å². The number of hydrogen-bond donors (Lipinski definition) is 2. The summed E-state index contributed by atoms with van der Waals surface area (Å²) >= 11 is 0. The zero-order valence-electron chi connectivity index (χ0n) is 24.8. The van der Waals surface area contributed by atoms with E-state index in [1.807, 2.05) is 44.0 Å². The van der Waals surface area contributed by atoms with Crippen LogP contribution in [0.1, 0.15) is 66.0 Å². The SMILES string of the molecule is CC(C)(C)OC(=O)N1[C@H](CO[Si](c2ccccc2)(c2ccccc2)C(C)(C)C)CC[C@@H]1c1c[nH]c2c(N)ncnc12. The topological polar surface area (TPSA) is 106 Å². The third kappa shape index (κ3) is 5.48. The average molecular weight is 572 g/mol. The Morgan fingerprint density at radius 2 is 1.59 bits per heavy atom. The molecule has 3 heterocycles. The fraction of sp³-hybridized carbons (Fsp3) is 0.406. The van der Waals surface area contributed by atoms with Crippen LogP contribution in [0.25, 0.3) is 11.0 Å². The molecule has 1 fully saturated rings. The Balaban J connectivity index is 1.55. The maximum atomic E-state index is 13.8. The molecule has 41 heavy (non-hydrogen) atoms. The molecule has 4 aromatic rings. The van der Waals surface area contributed by atoms with Gasteiger partial charge in [0, 0.05) is 11.8 Å². The number of anilines is 1. The molecule has 3 N–H and O–H groups in total. The number of amides is 1. The van der Waals surface area contributed by atoms with Gasteiger partial charge in [0.15, 0.2) is 5.82 Å². The van der Waals surface area contributed by atoms with E-state index >= 15 is 0 Å². The minimum atomic E-state index is -2.79. The van der Waals surface area contributed by atoms with Crippen LogP contribution < -0.4 is 16.1 Å². The molecule has 9 heteroatoms. The first-order valence-electron chi connectivity index (χ1n) is 14.3. The third-order valence-corrected chi connectivity index (χ3v) is 12.9. The summed E-state index contributed by atoms with van der Waals surface area (Å²) in [6.45, 7) is 12.9. The van der Waals surface area contributed by atoms with Gasteiger partial charge in [-0.05, 0) is 49.0 Å². The first-order valence-corrected chi connectivity index (χ1v) is 16.2. The van der Waals surface area contributed by atoms with Gasteiger partial charge in [0.25, 0.3) is 8.32 Å². The Bertz CT molecular complexity index is 1460. The quantitative estimate of drug-likeness (QED) is 0.294. The summed E-state index contributed by atoms with van der Waals surface area (Å²) in [6, 6.07) is 20.7. The van der Waals surface area contributed by atoms with Crippen molar-refractivity contribution in [2.75, 3.05) is 12.3 Å². The Kier molecular flexibility index (Phi) is 7.69. The van der Waals surface area contributed by atoms with Gasteiger partial charge in [0.1, 0.15) is 17.4 Å². The molecule has 5 rings (SSSR count). The lowest BCUT2D eigenvalue weighted by Gasteiger charge is -2.44. The van der Waals surface area contributed by atoms with Crippen molar-refractivity contribution in [1.29, 1.82) is 0 Å². The molecule has 2 aromatic carbocycles. The number of nitrogens with zero attached hydrogens (tertiary/aromatic N) is 3. The maximum Gasteiger partial charge on any atom is 0.411 e. The molecule has 0 aliphatic carbocycles. The number of carbonyl (C=O) groups is 1. The monoisotopic (exact) mass is 571 g/mol. The summed E-state index contributed by atoms with van der Waals surface area (Å²) in [7, 11) is -2.79. The molecule has 2 aromatic heterocycles. The first-order chi connectivity index (χ1) is 19.4. The summed E-state index contributed by atoms with van der Waals surface area (Å²) in [5.41, 5.74) is 7.79. The molecule has 216 valence electrons. The van der Waals surface area contributed by atoms with E-state index in [0.29, 0.717) is 17.9 Å². The van der Waals surface area contributed by atoms with E-state index in [-0.39, 0.29) is 23.2 Å². The van der Waals surface area contributed by atoms with Crippen molar-refractivity contribution >= 4 is 41.6 Å². The molecular weight excluding hydrogens is 530 g/mol. The van der Waals surface area contributed by atoms with Gasteiger partial charge in [0.05, 0.1) is 24.2 Å². The molecule has 1 saturated heterocycles. The number of H-pyrrole nitrogens is 1. The van der Waals surface area contributed by atoms with Gasteiger partial charge < -0.3 is 19.9 Å². The Morgan fingerprint density at radius 1 is 0.976 bits per heavy atom. The molecule has 0 unspecified atom stereocenters. The van der Waals surface area contributed by atoms with E-state index < -0.39 is 13.9 Å². The molecular formula is C32H41N5O3Si. The third-order valence-electron chi connectivity index (χ3n) is 7.90. The van der Waals surface area contributed by atoms with Crippen LogP contribution in [0.2, 0.25) is 5.04 Å². The standard InChI is InChI=1S/C32H41N5O3Si/c1-31(2,3)40-30(38)37-22(17-18-26(37)25-19-34-28-27(25)35-21-36-29(28)33)20-39-41(32(4,5)6,23-13-9-7-10-14-23)24-15-11-8-12-16-24/h7-16,19,21-22,26,34H,17-18,20H2,1-6H3,(H2,33,35,36)/t22-,26+/m0/s1. The highest BCUT2D eigenvalue weighted by molar-refractivity contribution is 6.99. The van der Waals surface area contributed by atoms with Gasteiger partial charge in [0.2, 0.25) is 0 Å². The summed E-state index contributed by atoms with van der Waals surface area (Å²) in [5.74, 6) is 0.384. The molecule has 0 saturated carbocycles. The van der Waals surface area contributed by atoms with Crippen molar-refractivity contribution in [1.82, 2.24) is 19.9 Å². The van der Waals surface area contributed by atoms with Gasteiger partial charge in [-0.2, -0.15) is 0 Å². The highest BCUT2D eigenvalue weighted by atomic mass is 28.4. The summed E-state index contributed by atoms with van der Waals surface area (Å²) in [4.78, 5) is 27.5.